The summed E-state index contributed by atoms with van der Waals surface area (Å²) in [5.74, 6) is 0.00262. The maximum Gasteiger partial charge on any atom is 0.265 e. The number of aryl methyl sites for hydroxylation is 1. The van der Waals surface area contributed by atoms with Gasteiger partial charge in [-0.25, -0.2) is 8.42 Å². The highest BCUT2D eigenvalue weighted by Gasteiger charge is 2.32. The summed E-state index contributed by atoms with van der Waals surface area (Å²) in [7, 11) is -3.70. The van der Waals surface area contributed by atoms with Crippen molar-refractivity contribution in [2.24, 2.45) is 0 Å². The van der Waals surface area contributed by atoms with Gasteiger partial charge in [-0.1, -0.05) is 24.3 Å². The third kappa shape index (κ3) is 2.42. The Kier molecular flexibility index (Phi) is 3.67. The summed E-state index contributed by atoms with van der Waals surface area (Å²) in [5.41, 5.74) is 1.26. The number of phenolic OH excluding ortho intramolecular Hbond substituents is 1. The summed E-state index contributed by atoms with van der Waals surface area (Å²) in [4.78, 5) is 0.209. The number of anilines is 1. The first-order valence-electron chi connectivity index (χ1n) is 6.60. The van der Waals surface area contributed by atoms with E-state index in [-0.39, 0.29) is 10.6 Å². The number of nitrogens with zero attached hydrogens (tertiary/aromatic N) is 1. The highest BCUT2D eigenvalue weighted by Crippen LogP contribution is 2.39. The van der Waals surface area contributed by atoms with E-state index >= 15 is 0 Å². The van der Waals surface area contributed by atoms with Crippen molar-refractivity contribution in [1.29, 1.82) is 0 Å². The van der Waals surface area contributed by atoms with Crippen LogP contribution in [0.2, 0.25) is 0 Å². The number of phenols is 1. The molecule has 0 bridgehead atoms. The maximum atomic E-state index is 12.9. The molecule has 0 aliphatic carbocycles. The van der Waals surface area contributed by atoms with Crippen molar-refractivity contribution < 1.29 is 13.5 Å². The smallest absolute Gasteiger partial charge is 0.265 e. The zero-order chi connectivity index (χ0) is 15.0. The van der Waals surface area contributed by atoms with Crippen LogP contribution in [-0.4, -0.2) is 20.1 Å². The van der Waals surface area contributed by atoms with Crippen molar-refractivity contribution >= 4 is 31.6 Å². The molecule has 1 aliphatic heterocycles. The van der Waals surface area contributed by atoms with E-state index in [4.69, 9.17) is 0 Å². The molecule has 0 saturated heterocycles. The molecule has 1 heterocycles. The highest BCUT2D eigenvalue weighted by molar-refractivity contribution is 9.10. The van der Waals surface area contributed by atoms with E-state index in [1.165, 1.54) is 10.4 Å². The molecule has 0 atom stereocenters. The highest BCUT2D eigenvalue weighted by atomic mass is 79.9. The molecule has 0 saturated carbocycles. The molecule has 0 spiro atoms. The van der Waals surface area contributed by atoms with Gasteiger partial charge in [-0.15, -0.1) is 0 Å². The van der Waals surface area contributed by atoms with Gasteiger partial charge in [-0.05, 0) is 52.5 Å². The summed E-state index contributed by atoms with van der Waals surface area (Å²) >= 11 is 3.29. The molecular formula is C15H14BrNO3S. The molecule has 0 aromatic heterocycles. The Bertz CT molecular complexity index is 789. The lowest BCUT2D eigenvalue weighted by molar-refractivity contribution is 0.472. The number of aromatic hydroxyl groups is 1. The minimum Gasteiger partial charge on any atom is -0.506 e. The van der Waals surface area contributed by atoms with Gasteiger partial charge in [0.15, 0.2) is 0 Å². The van der Waals surface area contributed by atoms with Gasteiger partial charge in [0.05, 0.1) is 5.69 Å². The molecule has 0 amide bonds. The second-order valence-corrected chi connectivity index (χ2v) is 7.58. The Hall–Kier alpha value is -1.53. The second kappa shape index (κ2) is 5.35. The molecule has 0 fully saturated rings. The van der Waals surface area contributed by atoms with Gasteiger partial charge in [-0.3, -0.25) is 4.31 Å². The van der Waals surface area contributed by atoms with Crippen molar-refractivity contribution in [3.05, 3.63) is 52.5 Å². The van der Waals surface area contributed by atoms with Crippen LogP contribution in [0.15, 0.2) is 51.8 Å². The zero-order valence-corrected chi connectivity index (χ0v) is 13.6. The summed E-state index contributed by atoms with van der Waals surface area (Å²) in [6.45, 7) is 0.369. The predicted octanol–water partition coefficient (Wildman–Crippen LogP) is 3.30. The molecule has 0 radical (unpaired) electrons. The monoisotopic (exact) mass is 367 g/mol. The van der Waals surface area contributed by atoms with Gasteiger partial charge in [0.1, 0.15) is 10.6 Å². The van der Waals surface area contributed by atoms with Crippen LogP contribution in [0.4, 0.5) is 5.69 Å². The fraction of sp³-hybridized carbons (Fsp3) is 0.200. The van der Waals surface area contributed by atoms with Gasteiger partial charge in [0.2, 0.25) is 0 Å². The van der Waals surface area contributed by atoms with Crippen molar-refractivity contribution in [2.75, 3.05) is 10.8 Å². The largest absolute Gasteiger partial charge is 0.506 e. The first kappa shape index (κ1) is 14.4. The lowest BCUT2D eigenvalue weighted by Crippen LogP contribution is -2.35. The zero-order valence-electron chi connectivity index (χ0n) is 11.2. The molecular weight excluding hydrogens is 354 g/mol. The number of para-hydroxylation sites is 1. The Labute approximate surface area is 132 Å². The van der Waals surface area contributed by atoms with E-state index in [1.807, 2.05) is 6.07 Å². The average molecular weight is 368 g/mol. The lowest BCUT2D eigenvalue weighted by Gasteiger charge is -2.31. The van der Waals surface area contributed by atoms with Crippen LogP contribution < -0.4 is 4.31 Å². The molecule has 2 aromatic rings. The maximum absolute atomic E-state index is 12.9. The van der Waals surface area contributed by atoms with Gasteiger partial charge in [0.25, 0.3) is 10.0 Å². The van der Waals surface area contributed by atoms with Crippen LogP contribution in [0.3, 0.4) is 0 Å². The Balaban J connectivity index is 2.17. The van der Waals surface area contributed by atoms with E-state index in [0.29, 0.717) is 16.7 Å². The third-order valence-electron chi connectivity index (χ3n) is 3.56. The van der Waals surface area contributed by atoms with Crippen LogP contribution in [0.1, 0.15) is 12.0 Å². The van der Waals surface area contributed by atoms with Crippen molar-refractivity contribution in [3.8, 4) is 5.75 Å². The van der Waals surface area contributed by atoms with Crippen LogP contribution in [0.25, 0.3) is 0 Å². The second-order valence-electron chi connectivity index (χ2n) is 4.90. The van der Waals surface area contributed by atoms with E-state index in [0.717, 1.165) is 18.4 Å². The van der Waals surface area contributed by atoms with Gasteiger partial charge >= 0.3 is 0 Å². The first-order valence-corrected chi connectivity index (χ1v) is 8.83. The normalized spacial score (nSPS) is 14.8. The van der Waals surface area contributed by atoms with Gasteiger partial charge in [0, 0.05) is 11.0 Å². The predicted molar refractivity (Wildman–Crippen MR) is 85.1 cm³/mol. The lowest BCUT2D eigenvalue weighted by atomic mass is 10.0. The van der Waals surface area contributed by atoms with Crippen molar-refractivity contribution in [2.45, 2.75) is 17.7 Å². The number of hydrogen-bond donors (Lipinski definition) is 1. The number of fused-ring (bicyclic) bond motifs is 1. The fourth-order valence-corrected chi connectivity index (χ4v) is 5.13. The standard InChI is InChI=1S/C15H14BrNO3S/c16-12-7-1-2-9-14(12)21(19,20)17-10-4-6-11-5-3-8-13(18)15(11)17/h1-3,5,7-9,18H,4,6,10H2. The summed E-state index contributed by atoms with van der Waals surface area (Å²) < 4.78 is 27.6. The summed E-state index contributed by atoms with van der Waals surface area (Å²) in [6, 6.07) is 11.8. The van der Waals surface area contributed by atoms with Crippen molar-refractivity contribution in [1.82, 2.24) is 0 Å². The molecule has 1 aliphatic rings. The molecule has 110 valence electrons. The Morgan fingerprint density at radius 3 is 2.62 bits per heavy atom. The summed E-state index contributed by atoms with van der Waals surface area (Å²) in [6.07, 6.45) is 1.51. The van der Waals surface area contributed by atoms with Crippen molar-refractivity contribution in [3.63, 3.8) is 0 Å². The van der Waals surface area contributed by atoms with E-state index in [2.05, 4.69) is 15.9 Å². The van der Waals surface area contributed by atoms with Gasteiger partial charge < -0.3 is 5.11 Å². The number of halogens is 1. The molecule has 4 nitrogen and oxygen atoms in total. The SMILES string of the molecule is O=S(=O)(c1ccccc1Br)N1CCCc2cccc(O)c21. The van der Waals surface area contributed by atoms with E-state index in [1.54, 1.807) is 30.3 Å². The van der Waals surface area contributed by atoms with Crippen LogP contribution in [0.5, 0.6) is 5.75 Å². The van der Waals surface area contributed by atoms with Crippen LogP contribution in [0, 0.1) is 0 Å². The fourth-order valence-electron chi connectivity index (χ4n) is 2.61. The minimum absolute atomic E-state index is 0.00262. The van der Waals surface area contributed by atoms with Gasteiger partial charge in [-0.2, -0.15) is 0 Å². The topological polar surface area (TPSA) is 57.6 Å². The molecule has 1 N–H and O–H groups in total. The molecule has 21 heavy (non-hydrogen) atoms. The van der Waals surface area contributed by atoms with E-state index in [9.17, 15) is 13.5 Å². The molecule has 3 rings (SSSR count). The molecule has 2 aromatic carbocycles. The number of sulfonamides is 1. The van der Waals surface area contributed by atoms with E-state index < -0.39 is 10.0 Å². The number of benzene rings is 2. The minimum atomic E-state index is -3.70. The Morgan fingerprint density at radius 2 is 1.86 bits per heavy atom. The molecule has 6 heteroatoms. The summed E-state index contributed by atoms with van der Waals surface area (Å²) in [5, 5.41) is 10.1. The first-order chi connectivity index (χ1) is 10.0. The quantitative estimate of drug-likeness (QED) is 0.885. The van der Waals surface area contributed by atoms with Crippen LogP contribution in [-0.2, 0) is 16.4 Å². The number of rotatable bonds is 2. The van der Waals surface area contributed by atoms with Crippen LogP contribution >= 0.6 is 15.9 Å². The molecule has 0 unspecified atom stereocenters. The Morgan fingerprint density at radius 1 is 1.10 bits per heavy atom. The number of hydrogen-bond acceptors (Lipinski definition) is 3. The third-order valence-corrected chi connectivity index (χ3v) is 6.37. The average Bonchev–Trinajstić information content (AvgIpc) is 2.47.